The largest absolute Gasteiger partial charge is 0.497 e. The number of aromatic nitrogens is 1. The molecule has 10 heteroatoms. The molecule has 38 heavy (non-hydrogen) atoms. The zero-order valence-corrected chi connectivity index (χ0v) is 22.3. The van der Waals surface area contributed by atoms with Crippen molar-refractivity contribution in [2.24, 2.45) is 5.92 Å². The van der Waals surface area contributed by atoms with E-state index >= 15 is 0 Å². The molecule has 6 nitrogen and oxygen atoms in total. The number of methoxy groups -OCH3 is 1. The summed E-state index contributed by atoms with van der Waals surface area (Å²) < 4.78 is 52.6. The van der Waals surface area contributed by atoms with Gasteiger partial charge in [0.15, 0.2) is 0 Å². The highest BCUT2D eigenvalue weighted by atomic mass is 32.2. The number of pyridine rings is 1. The summed E-state index contributed by atoms with van der Waals surface area (Å²) in [5.41, 5.74) is 0.0242. The highest BCUT2D eigenvalue weighted by molar-refractivity contribution is 8.00. The van der Waals surface area contributed by atoms with Crippen LogP contribution >= 0.6 is 11.8 Å². The number of nitriles is 1. The maximum Gasteiger partial charge on any atom is 0.417 e. The minimum Gasteiger partial charge on any atom is -0.497 e. The predicted molar refractivity (Wildman–Crippen MR) is 141 cm³/mol. The third-order valence-corrected chi connectivity index (χ3v) is 6.52. The average Bonchev–Trinajstić information content (AvgIpc) is 2.87. The molecule has 0 saturated heterocycles. The van der Waals surface area contributed by atoms with Crippen molar-refractivity contribution in [3.05, 3.63) is 65.2 Å². The number of rotatable bonds is 10. The van der Waals surface area contributed by atoms with Crippen molar-refractivity contribution in [1.82, 2.24) is 4.98 Å². The number of halogens is 3. The monoisotopic (exact) mass is 543 g/mol. The van der Waals surface area contributed by atoms with Gasteiger partial charge in [0.2, 0.25) is 5.91 Å². The standard InChI is InChI=1S/C28H28F3N3O3S/c1-17(2)11-12-37-25-10-5-19(13-18(25)3)24-14-23(28(29,30)31)22(15-32)27(34-24)38-16-26(35)33-20-6-8-21(36-4)9-7-20/h5-10,13-14,17H,11-12,16H2,1-4H3,(H,33,35). The number of ether oxygens (including phenoxy) is 2. The first kappa shape index (κ1) is 28.9. The first-order chi connectivity index (χ1) is 18.0. The van der Waals surface area contributed by atoms with Crippen LogP contribution in [-0.2, 0) is 11.0 Å². The smallest absolute Gasteiger partial charge is 0.417 e. The van der Waals surface area contributed by atoms with Crippen molar-refractivity contribution in [2.75, 3.05) is 24.8 Å². The van der Waals surface area contributed by atoms with Gasteiger partial charge in [0, 0.05) is 11.3 Å². The van der Waals surface area contributed by atoms with Gasteiger partial charge in [-0.2, -0.15) is 18.4 Å². The number of alkyl halides is 3. The lowest BCUT2D eigenvalue weighted by atomic mass is 10.0. The van der Waals surface area contributed by atoms with Gasteiger partial charge in [-0.3, -0.25) is 4.79 Å². The van der Waals surface area contributed by atoms with E-state index in [2.05, 4.69) is 24.1 Å². The SMILES string of the molecule is COc1ccc(NC(=O)CSc2nc(-c3ccc(OCCC(C)C)c(C)c3)cc(C(F)(F)F)c2C#N)cc1. The molecule has 1 amide bonds. The lowest BCUT2D eigenvalue weighted by Gasteiger charge is -2.15. The number of nitrogens with one attached hydrogen (secondary N) is 1. The Balaban J connectivity index is 1.87. The number of aryl methyl sites for hydroxylation is 1. The molecule has 0 spiro atoms. The van der Waals surface area contributed by atoms with Crippen molar-refractivity contribution in [3.63, 3.8) is 0 Å². The Morgan fingerprint density at radius 3 is 2.45 bits per heavy atom. The molecule has 1 heterocycles. The van der Waals surface area contributed by atoms with Crippen molar-refractivity contribution in [3.8, 4) is 28.8 Å². The summed E-state index contributed by atoms with van der Waals surface area (Å²) in [5, 5.41) is 12.0. The number of hydrogen-bond donors (Lipinski definition) is 1. The lowest BCUT2D eigenvalue weighted by Crippen LogP contribution is -2.15. The van der Waals surface area contributed by atoms with Crippen LogP contribution in [-0.4, -0.2) is 30.4 Å². The maximum absolute atomic E-state index is 13.9. The predicted octanol–water partition coefficient (Wildman–Crippen LogP) is 7.11. The van der Waals surface area contributed by atoms with Crippen molar-refractivity contribution >= 4 is 23.4 Å². The van der Waals surface area contributed by atoms with Crippen LogP contribution in [0.15, 0.2) is 53.6 Å². The zero-order chi connectivity index (χ0) is 27.9. The van der Waals surface area contributed by atoms with E-state index in [4.69, 9.17) is 9.47 Å². The van der Waals surface area contributed by atoms with Gasteiger partial charge >= 0.3 is 6.18 Å². The van der Waals surface area contributed by atoms with E-state index in [0.29, 0.717) is 35.3 Å². The summed E-state index contributed by atoms with van der Waals surface area (Å²) >= 11 is 0.772. The van der Waals surface area contributed by atoms with Gasteiger partial charge in [0.1, 0.15) is 22.6 Å². The van der Waals surface area contributed by atoms with E-state index in [1.807, 2.05) is 6.92 Å². The summed E-state index contributed by atoms with van der Waals surface area (Å²) in [6, 6.07) is 14.1. The minimum absolute atomic E-state index is 0.0474. The van der Waals surface area contributed by atoms with E-state index in [-0.39, 0.29) is 16.5 Å². The molecule has 0 fully saturated rings. The van der Waals surface area contributed by atoms with Crippen LogP contribution < -0.4 is 14.8 Å². The fourth-order valence-electron chi connectivity index (χ4n) is 3.49. The maximum atomic E-state index is 13.9. The molecule has 1 aromatic heterocycles. The van der Waals surface area contributed by atoms with Crippen LogP contribution in [0.1, 0.15) is 37.0 Å². The molecule has 200 valence electrons. The van der Waals surface area contributed by atoms with E-state index in [9.17, 15) is 23.2 Å². The first-order valence-corrected chi connectivity index (χ1v) is 12.8. The van der Waals surface area contributed by atoms with Crippen LogP contribution in [0.3, 0.4) is 0 Å². The van der Waals surface area contributed by atoms with Crippen LogP contribution in [0.25, 0.3) is 11.3 Å². The van der Waals surface area contributed by atoms with Gasteiger partial charge in [-0.25, -0.2) is 4.98 Å². The third-order valence-electron chi connectivity index (χ3n) is 5.54. The Labute approximate surface area is 224 Å². The van der Waals surface area contributed by atoms with Crippen LogP contribution in [0.4, 0.5) is 18.9 Å². The third kappa shape index (κ3) is 7.65. The molecule has 0 aliphatic carbocycles. The number of amides is 1. The molecule has 0 atom stereocenters. The number of anilines is 1. The fourth-order valence-corrected chi connectivity index (χ4v) is 4.29. The second kappa shape index (κ2) is 12.7. The molecular weight excluding hydrogens is 515 g/mol. The second-order valence-electron chi connectivity index (χ2n) is 8.92. The van der Waals surface area contributed by atoms with Crippen molar-refractivity contribution < 1.29 is 27.4 Å². The van der Waals surface area contributed by atoms with Crippen LogP contribution in [0, 0.1) is 24.2 Å². The molecule has 3 aromatic rings. The minimum atomic E-state index is -4.78. The molecule has 2 aromatic carbocycles. The molecule has 0 aliphatic heterocycles. The van der Waals surface area contributed by atoms with E-state index in [0.717, 1.165) is 29.8 Å². The van der Waals surface area contributed by atoms with Gasteiger partial charge in [0.05, 0.1) is 36.3 Å². The molecule has 0 radical (unpaired) electrons. The summed E-state index contributed by atoms with van der Waals surface area (Å²) in [5.74, 6) is 1.04. The molecule has 0 bridgehead atoms. The number of carbonyl (C=O) groups is 1. The van der Waals surface area contributed by atoms with Crippen molar-refractivity contribution in [1.29, 1.82) is 5.26 Å². The van der Waals surface area contributed by atoms with E-state index in [1.165, 1.54) is 7.11 Å². The summed E-state index contributed by atoms with van der Waals surface area (Å²) in [4.78, 5) is 16.8. The van der Waals surface area contributed by atoms with Gasteiger partial charge in [0.25, 0.3) is 0 Å². The second-order valence-corrected chi connectivity index (χ2v) is 9.89. The number of benzene rings is 2. The average molecular weight is 544 g/mol. The van der Waals surface area contributed by atoms with E-state index < -0.39 is 23.2 Å². The van der Waals surface area contributed by atoms with Crippen molar-refractivity contribution in [2.45, 2.75) is 38.4 Å². The zero-order valence-electron chi connectivity index (χ0n) is 21.5. The Hall–Kier alpha value is -3.71. The number of carbonyl (C=O) groups excluding carboxylic acids is 1. The fraction of sp³-hybridized carbons (Fsp3) is 0.321. The van der Waals surface area contributed by atoms with E-state index in [1.54, 1.807) is 48.5 Å². The number of nitrogens with zero attached hydrogens (tertiary/aromatic N) is 2. The molecule has 0 saturated carbocycles. The van der Waals surface area contributed by atoms with Crippen LogP contribution in [0.2, 0.25) is 0 Å². The highest BCUT2D eigenvalue weighted by Gasteiger charge is 2.36. The molecule has 3 rings (SSSR count). The molecule has 1 N–H and O–H groups in total. The molecular formula is C28H28F3N3O3S. The normalized spacial score (nSPS) is 11.2. The Morgan fingerprint density at radius 2 is 1.87 bits per heavy atom. The lowest BCUT2D eigenvalue weighted by molar-refractivity contribution is -0.138. The Morgan fingerprint density at radius 1 is 1.16 bits per heavy atom. The van der Waals surface area contributed by atoms with Gasteiger partial charge in [-0.05, 0) is 73.4 Å². The highest BCUT2D eigenvalue weighted by Crippen LogP contribution is 2.38. The van der Waals surface area contributed by atoms with Gasteiger partial charge in [-0.1, -0.05) is 25.6 Å². The topological polar surface area (TPSA) is 84.2 Å². The van der Waals surface area contributed by atoms with Gasteiger partial charge in [-0.15, -0.1) is 0 Å². The number of hydrogen-bond acceptors (Lipinski definition) is 6. The summed E-state index contributed by atoms with van der Waals surface area (Å²) in [6.45, 7) is 6.52. The number of thioether (sulfide) groups is 1. The Bertz CT molecular complexity index is 1320. The summed E-state index contributed by atoms with van der Waals surface area (Å²) in [6.07, 6.45) is -3.90. The molecule has 0 aliphatic rings. The quantitative estimate of drug-likeness (QED) is 0.274. The first-order valence-electron chi connectivity index (χ1n) is 11.8. The Kier molecular flexibility index (Phi) is 9.64. The molecule has 0 unspecified atom stereocenters. The van der Waals surface area contributed by atoms with Crippen LogP contribution in [0.5, 0.6) is 11.5 Å². The summed E-state index contributed by atoms with van der Waals surface area (Å²) in [7, 11) is 1.52. The van der Waals surface area contributed by atoms with Gasteiger partial charge < -0.3 is 14.8 Å².